The first-order valence-electron chi connectivity index (χ1n) is 10.9. The summed E-state index contributed by atoms with van der Waals surface area (Å²) in [5.74, 6) is 1.30. The average Bonchev–Trinajstić information content (AvgIpc) is 3.42. The minimum atomic E-state index is -0.237. The molecule has 2 aromatic rings. The van der Waals surface area contributed by atoms with Crippen molar-refractivity contribution in [2.75, 3.05) is 45.9 Å². The van der Waals surface area contributed by atoms with Crippen LogP contribution in [-0.4, -0.2) is 69.9 Å². The molecule has 8 nitrogen and oxygen atoms in total. The number of nitrogens with zero attached hydrogens (tertiary/aromatic N) is 3. The maximum absolute atomic E-state index is 12.4. The van der Waals surface area contributed by atoms with Crippen molar-refractivity contribution >= 4 is 17.4 Å². The summed E-state index contributed by atoms with van der Waals surface area (Å²) in [7, 11) is 4.86. The number of hydrazone groups is 1. The number of hydrogen-bond donors (Lipinski definition) is 1. The first kappa shape index (κ1) is 20.6. The van der Waals surface area contributed by atoms with E-state index in [1.165, 1.54) is 10.7 Å². The van der Waals surface area contributed by atoms with Gasteiger partial charge in [-0.15, -0.1) is 0 Å². The molecule has 8 heteroatoms. The molecule has 2 amide bonds. The van der Waals surface area contributed by atoms with Gasteiger partial charge in [0, 0.05) is 30.4 Å². The van der Waals surface area contributed by atoms with Crippen LogP contribution in [0.4, 0.5) is 10.5 Å². The minimum absolute atomic E-state index is 0.237. The van der Waals surface area contributed by atoms with Crippen molar-refractivity contribution < 1.29 is 19.0 Å². The third kappa shape index (κ3) is 3.54. The quantitative estimate of drug-likeness (QED) is 0.798. The van der Waals surface area contributed by atoms with Gasteiger partial charge in [0.15, 0.2) is 11.5 Å². The van der Waals surface area contributed by atoms with E-state index in [0.717, 1.165) is 42.0 Å². The normalized spacial score (nSPS) is 21.7. The molecule has 0 aromatic heterocycles. The summed E-state index contributed by atoms with van der Waals surface area (Å²) < 4.78 is 16.8. The van der Waals surface area contributed by atoms with E-state index in [9.17, 15) is 4.79 Å². The molecular weight excluding hydrogens is 408 g/mol. The Morgan fingerprint density at radius 1 is 1.16 bits per heavy atom. The fraction of sp³-hybridized carbons (Fsp3) is 0.417. The minimum Gasteiger partial charge on any atom is -0.493 e. The lowest BCUT2D eigenvalue weighted by Gasteiger charge is -2.29. The number of ether oxygens (including phenoxy) is 3. The molecule has 2 bridgehead atoms. The molecular formula is C24H28N4O4. The number of fused-ring (bicyclic) bond motifs is 3. The third-order valence-corrected chi connectivity index (χ3v) is 6.50. The fourth-order valence-electron chi connectivity index (χ4n) is 4.82. The van der Waals surface area contributed by atoms with Gasteiger partial charge < -0.3 is 24.4 Å². The Kier molecular flexibility index (Phi) is 5.38. The fourth-order valence-corrected chi connectivity index (χ4v) is 4.82. The number of benzene rings is 2. The molecule has 2 fully saturated rings. The van der Waals surface area contributed by atoms with Gasteiger partial charge in [-0.2, -0.15) is 5.10 Å². The van der Waals surface area contributed by atoms with Gasteiger partial charge >= 0.3 is 6.03 Å². The molecule has 3 aliphatic rings. The molecule has 0 saturated carbocycles. The summed E-state index contributed by atoms with van der Waals surface area (Å²) in [6.45, 7) is 2.21. The average molecular weight is 437 g/mol. The van der Waals surface area contributed by atoms with E-state index in [-0.39, 0.29) is 6.03 Å². The second-order valence-corrected chi connectivity index (χ2v) is 8.29. The number of nitrogens with one attached hydrogen (secondary N) is 1. The van der Waals surface area contributed by atoms with Crippen LogP contribution in [0.2, 0.25) is 0 Å². The number of rotatable bonds is 4. The Morgan fingerprint density at radius 3 is 2.53 bits per heavy atom. The Labute approximate surface area is 187 Å². The van der Waals surface area contributed by atoms with Crippen molar-refractivity contribution in [3.63, 3.8) is 0 Å². The molecule has 0 radical (unpaired) electrons. The summed E-state index contributed by atoms with van der Waals surface area (Å²) in [4.78, 5) is 14.9. The third-order valence-electron chi connectivity index (χ3n) is 6.50. The maximum atomic E-state index is 12.4. The van der Waals surface area contributed by atoms with E-state index in [1.54, 1.807) is 21.3 Å². The molecule has 168 valence electrons. The zero-order valence-electron chi connectivity index (χ0n) is 18.6. The van der Waals surface area contributed by atoms with Gasteiger partial charge in [0.05, 0.1) is 45.2 Å². The number of hydrogen-bond acceptors (Lipinski definition) is 6. The monoisotopic (exact) mass is 436 g/mol. The Bertz CT molecular complexity index is 1050. The second-order valence-electron chi connectivity index (χ2n) is 8.29. The zero-order chi connectivity index (χ0) is 22.2. The first-order valence-corrected chi connectivity index (χ1v) is 10.9. The van der Waals surface area contributed by atoms with Gasteiger partial charge in [0.1, 0.15) is 0 Å². The Hall–Kier alpha value is -3.26. The Balaban J connectivity index is 1.55. The maximum Gasteiger partial charge on any atom is 0.337 e. The lowest BCUT2D eigenvalue weighted by molar-refractivity contribution is 0.0991. The summed E-state index contributed by atoms with van der Waals surface area (Å²) >= 11 is 0. The number of urea groups is 1. The molecule has 32 heavy (non-hydrogen) atoms. The number of carbonyl (C=O) groups is 1. The van der Waals surface area contributed by atoms with Crippen molar-refractivity contribution in [2.45, 2.75) is 25.0 Å². The van der Waals surface area contributed by atoms with Gasteiger partial charge in [-0.3, -0.25) is 0 Å². The van der Waals surface area contributed by atoms with Gasteiger partial charge in [-0.25, -0.2) is 9.80 Å². The van der Waals surface area contributed by atoms with Crippen molar-refractivity contribution in [3.8, 4) is 11.5 Å². The van der Waals surface area contributed by atoms with E-state index < -0.39 is 0 Å². The molecule has 0 spiro atoms. The Morgan fingerprint density at radius 2 is 1.91 bits per heavy atom. The van der Waals surface area contributed by atoms with Gasteiger partial charge in [-0.05, 0) is 42.7 Å². The van der Waals surface area contributed by atoms with Crippen LogP contribution < -0.4 is 19.7 Å². The lowest BCUT2D eigenvalue weighted by atomic mass is 9.95. The van der Waals surface area contributed by atoms with Crippen LogP contribution in [0.25, 0.3) is 0 Å². The number of anilines is 1. The van der Waals surface area contributed by atoms with Crippen LogP contribution in [0.15, 0.2) is 41.5 Å². The van der Waals surface area contributed by atoms with Crippen LogP contribution in [0, 0.1) is 0 Å². The topological polar surface area (TPSA) is 75.6 Å². The molecule has 3 aliphatic heterocycles. The smallest absolute Gasteiger partial charge is 0.337 e. The largest absolute Gasteiger partial charge is 0.493 e. The van der Waals surface area contributed by atoms with Gasteiger partial charge in [-0.1, -0.05) is 12.1 Å². The predicted octanol–water partition coefficient (Wildman–Crippen LogP) is 2.63. The van der Waals surface area contributed by atoms with Crippen LogP contribution in [0.1, 0.15) is 23.1 Å². The summed E-state index contributed by atoms with van der Waals surface area (Å²) in [6, 6.07) is 12.6. The molecule has 2 aromatic carbocycles. The molecule has 2 atom stereocenters. The highest BCUT2D eigenvalue weighted by Crippen LogP contribution is 2.35. The van der Waals surface area contributed by atoms with Crippen LogP contribution >= 0.6 is 0 Å². The lowest BCUT2D eigenvalue weighted by Crippen LogP contribution is -2.36. The number of amides is 2. The SMILES string of the molecule is CNC(=O)N1CCc2cc(OC)c(OC)cc2C(c2ccc(N3CC4CC3CO4)cc2)=N1. The van der Waals surface area contributed by atoms with E-state index >= 15 is 0 Å². The molecule has 5 rings (SSSR count). The summed E-state index contributed by atoms with van der Waals surface area (Å²) in [5, 5.41) is 8.93. The van der Waals surface area contributed by atoms with Gasteiger partial charge in [0.2, 0.25) is 0 Å². The van der Waals surface area contributed by atoms with Crippen LogP contribution in [0.3, 0.4) is 0 Å². The highest BCUT2D eigenvalue weighted by Gasteiger charge is 2.39. The predicted molar refractivity (Wildman–Crippen MR) is 122 cm³/mol. The van der Waals surface area contributed by atoms with Crippen LogP contribution in [0.5, 0.6) is 11.5 Å². The van der Waals surface area contributed by atoms with Crippen molar-refractivity contribution in [2.24, 2.45) is 5.10 Å². The second kappa shape index (κ2) is 8.35. The van der Waals surface area contributed by atoms with Crippen molar-refractivity contribution in [1.82, 2.24) is 10.3 Å². The van der Waals surface area contributed by atoms with Crippen molar-refractivity contribution in [1.29, 1.82) is 0 Å². The number of methoxy groups -OCH3 is 2. The molecule has 3 heterocycles. The van der Waals surface area contributed by atoms with E-state index in [4.69, 9.17) is 19.3 Å². The first-order chi connectivity index (χ1) is 15.6. The highest BCUT2D eigenvalue weighted by molar-refractivity contribution is 6.14. The summed E-state index contributed by atoms with van der Waals surface area (Å²) in [5.41, 5.74) is 4.87. The zero-order valence-corrected chi connectivity index (χ0v) is 18.6. The van der Waals surface area contributed by atoms with Crippen molar-refractivity contribution in [3.05, 3.63) is 53.1 Å². The van der Waals surface area contributed by atoms with E-state index in [0.29, 0.717) is 36.6 Å². The molecule has 1 N–H and O–H groups in total. The standard InChI is InChI=1S/C24H28N4O4/c1-25-24(29)28-9-8-16-10-21(30-2)22(31-3)12-20(16)23(26-28)15-4-6-17(7-5-15)27-13-19-11-18(27)14-32-19/h4-7,10,12,18-19H,8-9,11,13-14H2,1-3H3,(H,25,29). The molecule has 0 aliphatic carbocycles. The van der Waals surface area contributed by atoms with Gasteiger partial charge in [0.25, 0.3) is 0 Å². The van der Waals surface area contributed by atoms with Crippen LogP contribution in [-0.2, 0) is 11.2 Å². The van der Waals surface area contributed by atoms with E-state index in [1.807, 2.05) is 12.1 Å². The number of carbonyl (C=O) groups excluding carboxylic acids is 1. The van der Waals surface area contributed by atoms with E-state index in [2.05, 4.69) is 34.5 Å². The number of morpholine rings is 1. The molecule has 2 unspecified atom stereocenters. The molecule has 2 saturated heterocycles. The highest BCUT2D eigenvalue weighted by atomic mass is 16.5. The summed E-state index contributed by atoms with van der Waals surface area (Å²) in [6.07, 6.45) is 2.11.